The van der Waals surface area contributed by atoms with Crippen LogP contribution in [-0.4, -0.2) is 29.9 Å². The molecule has 3 rings (SSSR count). The van der Waals surface area contributed by atoms with Gasteiger partial charge in [0.15, 0.2) is 11.9 Å². The van der Waals surface area contributed by atoms with Crippen molar-refractivity contribution in [3.8, 4) is 5.75 Å². The number of rotatable bonds is 8. The first-order valence-electron chi connectivity index (χ1n) is 10.1. The van der Waals surface area contributed by atoms with Crippen molar-refractivity contribution in [2.45, 2.75) is 65.0 Å². The molecule has 1 heterocycles. The molecule has 0 saturated heterocycles. The highest BCUT2D eigenvalue weighted by molar-refractivity contribution is 5.84. The molecule has 1 saturated carbocycles. The molecular weight excluding hydrogens is 342 g/mol. The first-order valence-corrected chi connectivity index (χ1v) is 10.1. The van der Waals surface area contributed by atoms with Crippen LogP contribution in [0.15, 0.2) is 33.5 Å². The van der Waals surface area contributed by atoms with Gasteiger partial charge in [-0.3, -0.25) is 9.69 Å². The van der Waals surface area contributed by atoms with Crippen molar-refractivity contribution in [2.75, 3.05) is 13.1 Å². The van der Waals surface area contributed by atoms with E-state index in [1.165, 1.54) is 0 Å². The minimum atomic E-state index is -0.379. The molecule has 5 nitrogen and oxygen atoms in total. The summed E-state index contributed by atoms with van der Waals surface area (Å²) < 4.78 is 11.3. The van der Waals surface area contributed by atoms with Crippen molar-refractivity contribution < 1.29 is 13.9 Å². The molecule has 146 valence electrons. The molecule has 1 aliphatic rings. The summed E-state index contributed by atoms with van der Waals surface area (Å²) in [6, 6.07) is 7.14. The molecule has 1 unspecified atom stereocenters. The van der Waals surface area contributed by atoms with Gasteiger partial charge in [0, 0.05) is 30.5 Å². The third kappa shape index (κ3) is 4.98. The molecule has 1 atom stereocenters. The summed E-state index contributed by atoms with van der Waals surface area (Å²) in [5, 5.41) is 0.925. The van der Waals surface area contributed by atoms with Gasteiger partial charge in [0.05, 0.1) is 0 Å². The molecule has 0 bridgehead atoms. The number of hydrogen-bond donors (Lipinski definition) is 0. The molecule has 0 spiro atoms. The summed E-state index contributed by atoms with van der Waals surface area (Å²) in [6.07, 6.45) is 5.07. The van der Waals surface area contributed by atoms with Gasteiger partial charge < -0.3 is 9.15 Å². The second kappa shape index (κ2) is 9.18. The van der Waals surface area contributed by atoms with Gasteiger partial charge in [0.1, 0.15) is 11.3 Å². The summed E-state index contributed by atoms with van der Waals surface area (Å²) >= 11 is 0. The van der Waals surface area contributed by atoms with Crippen LogP contribution in [0.3, 0.4) is 0 Å². The first kappa shape index (κ1) is 19.6. The zero-order chi connectivity index (χ0) is 19.2. The normalized spacial score (nSPS) is 17.6. The van der Waals surface area contributed by atoms with E-state index in [0.29, 0.717) is 17.8 Å². The lowest BCUT2D eigenvalue weighted by atomic mass is 9.96. The van der Waals surface area contributed by atoms with Crippen molar-refractivity contribution in [2.24, 2.45) is 0 Å². The van der Waals surface area contributed by atoms with Crippen molar-refractivity contribution >= 4 is 16.8 Å². The van der Waals surface area contributed by atoms with Crippen LogP contribution in [0.25, 0.3) is 11.0 Å². The summed E-state index contributed by atoms with van der Waals surface area (Å²) in [6.45, 7) is 7.05. The SMILES string of the molecule is CCCN(CCC)Cc1cc(=O)oc2cc(OC3CCCCC3=O)ccc12. The number of hydrogen-bond acceptors (Lipinski definition) is 5. The van der Waals surface area contributed by atoms with Gasteiger partial charge in [-0.15, -0.1) is 0 Å². The summed E-state index contributed by atoms with van der Waals surface area (Å²) in [4.78, 5) is 26.4. The van der Waals surface area contributed by atoms with E-state index in [-0.39, 0.29) is 17.5 Å². The zero-order valence-corrected chi connectivity index (χ0v) is 16.3. The smallest absolute Gasteiger partial charge is 0.336 e. The number of ketones is 1. The Balaban J connectivity index is 1.86. The van der Waals surface area contributed by atoms with E-state index >= 15 is 0 Å². The van der Waals surface area contributed by atoms with E-state index in [4.69, 9.17) is 9.15 Å². The third-order valence-electron chi connectivity index (χ3n) is 5.05. The lowest BCUT2D eigenvalue weighted by Gasteiger charge is -2.22. The zero-order valence-electron chi connectivity index (χ0n) is 16.3. The van der Waals surface area contributed by atoms with Crippen LogP contribution in [-0.2, 0) is 11.3 Å². The molecule has 1 aromatic heterocycles. The molecule has 1 aliphatic carbocycles. The predicted molar refractivity (Wildman–Crippen MR) is 106 cm³/mol. The Kier molecular flexibility index (Phi) is 6.67. The molecule has 2 aromatic rings. The van der Waals surface area contributed by atoms with Crippen LogP contribution >= 0.6 is 0 Å². The van der Waals surface area contributed by atoms with Crippen molar-refractivity contribution in [1.29, 1.82) is 0 Å². The highest BCUT2D eigenvalue weighted by Crippen LogP contribution is 2.26. The number of fused-ring (bicyclic) bond motifs is 1. The Bertz CT molecular complexity index is 836. The fraction of sp³-hybridized carbons (Fsp3) is 0.545. The highest BCUT2D eigenvalue weighted by Gasteiger charge is 2.24. The van der Waals surface area contributed by atoms with Gasteiger partial charge in [-0.2, -0.15) is 0 Å². The maximum Gasteiger partial charge on any atom is 0.336 e. The number of ether oxygens (including phenoxy) is 1. The van der Waals surface area contributed by atoms with Crippen LogP contribution < -0.4 is 10.4 Å². The molecular formula is C22H29NO4. The highest BCUT2D eigenvalue weighted by atomic mass is 16.5. The quantitative estimate of drug-likeness (QED) is 0.647. The fourth-order valence-corrected chi connectivity index (χ4v) is 3.80. The Morgan fingerprint density at radius 2 is 1.89 bits per heavy atom. The average Bonchev–Trinajstić information content (AvgIpc) is 2.63. The van der Waals surface area contributed by atoms with Crippen LogP contribution in [0.5, 0.6) is 5.75 Å². The maximum absolute atomic E-state index is 12.1. The molecule has 5 heteroatoms. The van der Waals surface area contributed by atoms with Crippen molar-refractivity contribution in [1.82, 2.24) is 4.90 Å². The lowest BCUT2D eigenvalue weighted by Crippen LogP contribution is -2.30. The van der Waals surface area contributed by atoms with E-state index in [0.717, 1.165) is 62.7 Å². The van der Waals surface area contributed by atoms with Gasteiger partial charge in [0.25, 0.3) is 0 Å². The topological polar surface area (TPSA) is 59.8 Å². The summed E-state index contributed by atoms with van der Waals surface area (Å²) in [5.41, 5.74) is 1.14. The monoisotopic (exact) mass is 371 g/mol. The number of carbonyl (C=O) groups is 1. The van der Waals surface area contributed by atoms with Crippen molar-refractivity contribution in [3.63, 3.8) is 0 Å². The Morgan fingerprint density at radius 3 is 2.59 bits per heavy atom. The number of carbonyl (C=O) groups excluding carboxylic acids is 1. The summed E-state index contributed by atoms with van der Waals surface area (Å²) in [5.74, 6) is 0.744. The molecule has 0 N–H and O–H groups in total. The molecule has 27 heavy (non-hydrogen) atoms. The Hall–Kier alpha value is -2.14. The number of nitrogens with zero attached hydrogens (tertiary/aromatic N) is 1. The van der Waals surface area contributed by atoms with E-state index in [2.05, 4.69) is 18.7 Å². The lowest BCUT2D eigenvalue weighted by molar-refractivity contribution is -0.127. The second-order valence-electron chi connectivity index (χ2n) is 7.34. The van der Waals surface area contributed by atoms with Crippen LogP contribution in [0.4, 0.5) is 0 Å². The van der Waals surface area contributed by atoms with E-state index in [1.807, 2.05) is 12.1 Å². The fourth-order valence-electron chi connectivity index (χ4n) is 3.80. The molecule has 0 amide bonds. The summed E-state index contributed by atoms with van der Waals surface area (Å²) in [7, 11) is 0. The van der Waals surface area contributed by atoms with Gasteiger partial charge in [0.2, 0.25) is 0 Å². The van der Waals surface area contributed by atoms with E-state index in [9.17, 15) is 9.59 Å². The number of benzene rings is 1. The second-order valence-corrected chi connectivity index (χ2v) is 7.34. The van der Waals surface area contributed by atoms with Gasteiger partial charge in [-0.05, 0) is 62.9 Å². The number of Topliss-reactive ketones (excluding diaryl/α,β-unsaturated/α-hetero) is 1. The standard InChI is InChI=1S/C22H29NO4/c1-3-11-23(12-4-2)15-16-13-22(25)27-21-14-17(9-10-18(16)21)26-20-8-6-5-7-19(20)24/h9-10,13-14,20H,3-8,11-12,15H2,1-2H3. The third-order valence-corrected chi connectivity index (χ3v) is 5.05. The molecule has 1 aromatic carbocycles. The van der Waals surface area contributed by atoms with E-state index < -0.39 is 0 Å². The minimum absolute atomic E-state index is 0.159. The van der Waals surface area contributed by atoms with Crippen LogP contribution in [0.2, 0.25) is 0 Å². The Labute approximate surface area is 160 Å². The molecule has 0 aliphatic heterocycles. The van der Waals surface area contributed by atoms with Crippen molar-refractivity contribution in [3.05, 3.63) is 40.2 Å². The molecule has 1 fully saturated rings. The minimum Gasteiger partial charge on any atom is -0.483 e. The van der Waals surface area contributed by atoms with Gasteiger partial charge in [-0.1, -0.05) is 13.8 Å². The van der Waals surface area contributed by atoms with Crippen LogP contribution in [0.1, 0.15) is 57.9 Å². The Morgan fingerprint density at radius 1 is 1.11 bits per heavy atom. The first-order chi connectivity index (χ1) is 13.1. The largest absolute Gasteiger partial charge is 0.483 e. The van der Waals surface area contributed by atoms with E-state index in [1.54, 1.807) is 12.1 Å². The van der Waals surface area contributed by atoms with Gasteiger partial charge in [-0.25, -0.2) is 4.79 Å². The average molecular weight is 371 g/mol. The van der Waals surface area contributed by atoms with Gasteiger partial charge >= 0.3 is 5.63 Å². The maximum atomic E-state index is 12.1. The predicted octanol–water partition coefficient (Wildman–Crippen LogP) is 4.31. The molecule has 0 radical (unpaired) electrons. The van der Waals surface area contributed by atoms with Crippen LogP contribution in [0, 0.1) is 0 Å².